The van der Waals surface area contributed by atoms with E-state index >= 15 is 0 Å². The molecule has 3 atom stereocenters. The molecule has 0 saturated carbocycles. The summed E-state index contributed by atoms with van der Waals surface area (Å²) in [4.78, 5) is 10.7. The van der Waals surface area contributed by atoms with Gasteiger partial charge in [-0.1, -0.05) is 0 Å². The monoisotopic (exact) mass is 363 g/mol. The highest BCUT2D eigenvalue weighted by Crippen LogP contribution is 2.31. The number of β-amino-alcohol motifs (C(OH)–C–C–N with tert-alkyl or cyclic N) is 1. The normalized spacial score (nSPS) is 27.3. The molecule has 0 aliphatic carbocycles. The maximum atomic E-state index is 10.1. The van der Waals surface area contributed by atoms with Crippen molar-refractivity contribution in [3.8, 4) is 5.88 Å². The predicted molar refractivity (Wildman–Crippen MR) is 92.6 cm³/mol. The highest BCUT2D eigenvalue weighted by atomic mass is 16.5. The van der Waals surface area contributed by atoms with E-state index in [-0.39, 0.29) is 18.8 Å². The molecule has 9 nitrogen and oxygen atoms in total. The Morgan fingerprint density at radius 3 is 2.85 bits per heavy atom. The van der Waals surface area contributed by atoms with Crippen LogP contribution in [-0.4, -0.2) is 74.4 Å². The Morgan fingerprint density at radius 1 is 1.27 bits per heavy atom. The summed E-state index contributed by atoms with van der Waals surface area (Å²) in [6.07, 6.45) is 3.90. The second-order valence-corrected chi connectivity index (χ2v) is 7.00. The van der Waals surface area contributed by atoms with Gasteiger partial charge in [-0.05, 0) is 19.3 Å². The number of hydrogen-bond donors (Lipinski definition) is 2. The molecule has 1 unspecified atom stereocenters. The number of rotatable bonds is 5. The zero-order valence-electron chi connectivity index (χ0n) is 14.9. The first-order valence-corrected chi connectivity index (χ1v) is 9.10. The van der Waals surface area contributed by atoms with Gasteiger partial charge in [0.2, 0.25) is 5.88 Å². The molecule has 2 N–H and O–H groups in total. The maximum Gasteiger partial charge on any atom is 0.245 e. The fourth-order valence-electron chi connectivity index (χ4n) is 3.85. The summed E-state index contributed by atoms with van der Waals surface area (Å²) in [6.45, 7) is 2.44. The molecule has 0 radical (unpaired) electrons. The molecule has 4 rings (SSSR count). The summed E-state index contributed by atoms with van der Waals surface area (Å²) in [5.74, 6) is 0.327. The van der Waals surface area contributed by atoms with E-state index < -0.39 is 6.10 Å². The number of methoxy groups -OCH3 is 1. The summed E-state index contributed by atoms with van der Waals surface area (Å²) in [5, 5.41) is 24.2. The number of aliphatic hydroxyl groups excluding tert-OH is 2. The standard InChI is InChI=1S/C17H25N5O4/c1-25-17-16-15(18-10-19-17)12(7-21-6-11(9-23)13(24)8-21)22(20-16)14-4-2-3-5-26-14/h10-11,13-14,23-24H,2-9H2,1H3/t11-,13-,14?/m1/s1. The Kier molecular flexibility index (Phi) is 5.03. The Morgan fingerprint density at radius 2 is 2.15 bits per heavy atom. The third-order valence-electron chi connectivity index (χ3n) is 5.26. The minimum atomic E-state index is -0.516. The average Bonchev–Trinajstić information content (AvgIpc) is 3.22. The van der Waals surface area contributed by atoms with E-state index in [1.807, 2.05) is 4.68 Å². The van der Waals surface area contributed by atoms with Crippen molar-refractivity contribution in [2.45, 2.75) is 38.1 Å². The molecule has 142 valence electrons. The number of aromatic nitrogens is 4. The van der Waals surface area contributed by atoms with Crippen LogP contribution in [0.3, 0.4) is 0 Å². The number of fused-ring (bicyclic) bond motifs is 1. The highest BCUT2D eigenvalue weighted by molar-refractivity contribution is 5.81. The van der Waals surface area contributed by atoms with Crippen molar-refractivity contribution >= 4 is 11.0 Å². The molecule has 2 saturated heterocycles. The Labute approximate surface area is 151 Å². The molecule has 0 spiro atoms. The van der Waals surface area contributed by atoms with E-state index in [0.717, 1.165) is 37.1 Å². The van der Waals surface area contributed by atoms with E-state index in [9.17, 15) is 10.2 Å². The van der Waals surface area contributed by atoms with Gasteiger partial charge in [0, 0.05) is 38.8 Å². The first kappa shape index (κ1) is 17.6. The largest absolute Gasteiger partial charge is 0.479 e. The Hall–Kier alpha value is -1.81. The van der Waals surface area contributed by atoms with E-state index in [1.165, 1.54) is 6.33 Å². The van der Waals surface area contributed by atoms with Crippen molar-refractivity contribution < 1.29 is 19.7 Å². The molecular formula is C17H25N5O4. The van der Waals surface area contributed by atoms with Crippen LogP contribution in [0.25, 0.3) is 11.0 Å². The van der Waals surface area contributed by atoms with Gasteiger partial charge in [-0.3, -0.25) is 4.90 Å². The van der Waals surface area contributed by atoms with E-state index in [4.69, 9.17) is 14.6 Å². The van der Waals surface area contributed by atoms with Gasteiger partial charge < -0.3 is 19.7 Å². The number of likely N-dealkylation sites (tertiary alicyclic amines) is 1. The van der Waals surface area contributed by atoms with Crippen LogP contribution in [0, 0.1) is 5.92 Å². The second kappa shape index (κ2) is 7.43. The quantitative estimate of drug-likeness (QED) is 0.782. The molecule has 26 heavy (non-hydrogen) atoms. The van der Waals surface area contributed by atoms with Crippen LogP contribution < -0.4 is 4.74 Å². The topological polar surface area (TPSA) is 106 Å². The summed E-state index contributed by atoms with van der Waals surface area (Å²) in [7, 11) is 1.57. The Bertz CT molecular complexity index is 761. The zero-order valence-corrected chi connectivity index (χ0v) is 14.9. The molecule has 2 fully saturated rings. The zero-order chi connectivity index (χ0) is 18.1. The molecule has 0 amide bonds. The lowest BCUT2D eigenvalue weighted by Crippen LogP contribution is -2.26. The molecule has 2 aliphatic heterocycles. The first-order valence-electron chi connectivity index (χ1n) is 9.10. The minimum Gasteiger partial charge on any atom is -0.479 e. The second-order valence-electron chi connectivity index (χ2n) is 7.00. The third-order valence-corrected chi connectivity index (χ3v) is 5.26. The number of nitrogens with zero attached hydrogens (tertiary/aromatic N) is 5. The maximum absolute atomic E-state index is 10.1. The van der Waals surface area contributed by atoms with Gasteiger partial charge in [0.25, 0.3) is 0 Å². The molecule has 2 aliphatic rings. The lowest BCUT2D eigenvalue weighted by Gasteiger charge is -2.25. The van der Waals surface area contributed by atoms with Crippen LogP contribution in [0.1, 0.15) is 31.2 Å². The molecule has 0 bridgehead atoms. The fourth-order valence-corrected chi connectivity index (χ4v) is 3.85. The highest BCUT2D eigenvalue weighted by Gasteiger charge is 2.33. The van der Waals surface area contributed by atoms with Crippen LogP contribution in [0.15, 0.2) is 6.33 Å². The predicted octanol–water partition coefficient (Wildman–Crippen LogP) is 0.319. The van der Waals surface area contributed by atoms with Crippen LogP contribution in [0.4, 0.5) is 0 Å². The van der Waals surface area contributed by atoms with Gasteiger partial charge in [0.05, 0.1) is 18.9 Å². The molecule has 2 aromatic rings. The van der Waals surface area contributed by atoms with Crippen LogP contribution in [0.2, 0.25) is 0 Å². The number of aliphatic hydroxyl groups is 2. The molecule has 2 aromatic heterocycles. The third kappa shape index (κ3) is 3.16. The van der Waals surface area contributed by atoms with Gasteiger partial charge in [-0.15, -0.1) is 0 Å². The van der Waals surface area contributed by atoms with E-state index in [2.05, 4.69) is 14.9 Å². The van der Waals surface area contributed by atoms with E-state index in [1.54, 1.807) is 7.11 Å². The van der Waals surface area contributed by atoms with Gasteiger partial charge in [-0.2, -0.15) is 10.1 Å². The molecule has 0 aromatic carbocycles. The van der Waals surface area contributed by atoms with Crippen molar-refractivity contribution in [1.29, 1.82) is 0 Å². The fraction of sp³-hybridized carbons (Fsp3) is 0.706. The average molecular weight is 363 g/mol. The Balaban J connectivity index is 1.71. The minimum absolute atomic E-state index is 0.0145. The van der Waals surface area contributed by atoms with Crippen molar-refractivity contribution in [3.63, 3.8) is 0 Å². The molecule has 9 heteroatoms. The van der Waals surface area contributed by atoms with Gasteiger partial charge >= 0.3 is 0 Å². The van der Waals surface area contributed by atoms with Gasteiger partial charge in [0.15, 0.2) is 11.7 Å². The van der Waals surface area contributed by atoms with Crippen molar-refractivity contribution in [3.05, 3.63) is 12.0 Å². The summed E-state index contributed by atoms with van der Waals surface area (Å²) >= 11 is 0. The van der Waals surface area contributed by atoms with Gasteiger partial charge in [0.1, 0.15) is 11.8 Å². The molecule has 4 heterocycles. The van der Waals surface area contributed by atoms with Crippen LogP contribution in [-0.2, 0) is 11.3 Å². The lowest BCUT2D eigenvalue weighted by atomic mass is 10.1. The van der Waals surface area contributed by atoms with Crippen molar-refractivity contribution in [1.82, 2.24) is 24.6 Å². The summed E-state index contributed by atoms with van der Waals surface area (Å²) in [6, 6.07) is 0. The lowest BCUT2D eigenvalue weighted by molar-refractivity contribution is -0.0415. The summed E-state index contributed by atoms with van der Waals surface area (Å²) in [5.41, 5.74) is 2.30. The van der Waals surface area contributed by atoms with E-state index in [0.29, 0.717) is 31.0 Å². The van der Waals surface area contributed by atoms with Crippen molar-refractivity contribution in [2.75, 3.05) is 33.4 Å². The number of ether oxygens (including phenoxy) is 2. The van der Waals surface area contributed by atoms with Crippen molar-refractivity contribution in [2.24, 2.45) is 5.92 Å². The number of hydrogen-bond acceptors (Lipinski definition) is 8. The SMILES string of the molecule is COc1ncnc2c(CN3C[C@H](CO)[C@H](O)C3)n(C3CCCCO3)nc12. The smallest absolute Gasteiger partial charge is 0.245 e. The first-order chi connectivity index (χ1) is 12.7. The van der Waals surface area contributed by atoms with Crippen LogP contribution >= 0.6 is 0 Å². The van der Waals surface area contributed by atoms with Gasteiger partial charge in [-0.25, -0.2) is 9.67 Å². The molecular weight excluding hydrogens is 338 g/mol. The summed E-state index contributed by atoms with van der Waals surface area (Å²) < 4.78 is 13.2. The van der Waals surface area contributed by atoms with Crippen LogP contribution in [0.5, 0.6) is 5.88 Å².